The molecule has 6 nitrogen and oxygen atoms in total. The molecule has 0 saturated carbocycles. The molecule has 1 atom stereocenters. The minimum absolute atomic E-state index is 0.244. The molecule has 0 aliphatic carbocycles. The van der Waals surface area contributed by atoms with Crippen LogP contribution in [0.4, 0.5) is 0 Å². The summed E-state index contributed by atoms with van der Waals surface area (Å²) >= 11 is 0. The van der Waals surface area contributed by atoms with E-state index in [4.69, 9.17) is 9.47 Å². The van der Waals surface area contributed by atoms with Crippen LogP contribution >= 0.6 is 0 Å². The standard InChI is InChI=1S/C22H31N3O3/c1-4-23-22(25(2)15-19-12-8-9-13-21(19)27-3)24-14-20(26)17-28-16-18-10-6-5-7-11-18/h5-13,20,26H,4,14-17H2,1-3H3,(H,23,24). The van der Waals surface area contributed by atoms with Gasteiger partial charge in [-0.05, 0) is 18.6 Å². The number of methoxy groups -OCH3 is 1. The molecule has 1 unspecified atom stereocenters. The zero-order valence-corrected chi connectivity index (χ0v) is 17.0. The maximum absolute atomic E-state index is 10.2. The van der Waals surface area contributed by atoms with Crippen molar-refractivity contribution < 1.29 is 14.6 Å². The molecular formula is C22H31N3O3. The molecule has 28 heavy (non-hydrogen) atoms. The van der Waals surface area contributed by atoms with E-state index in [0.717, 1.165) is 29.4 Å². The highest BCUT2D eigenvalue weighted by atomic mass is 16.5. The van der Waals surface area contributed by atoms with Gasteiger partial charge >= 0.3 is 0 Å². The van der Waals surface area contributed by atoms with Crippen molar-refractivity contribution in [3.8, 4) is 5.75 Å². The summed E-state index contributed by atoms with van der Waals surface area (Å²) in [7, 11) is 3.64. The van der Waals surface area contributed by atoms with E-state index in [0.29, 0.717) is 13.2 Å². The molecule has 0 radical (unpaired) electrons. The van der Waals surface area contributed by atoms with E-state index in [9.17, 15) is 5.11 Å². The number of aliphatic hydroxyl groups excluding tert-OH is 1. The van der Waals surface area contributed by atoms with Gasteiger partial charge in [0.2, 0.25) is 0 Å². The number of hydrogen-bond donors (Lipinski definition) is 2. The first kappa shape index (κ1) is 21.7. The topological polar surface area (TPSA) is 66.3 Å². The highest BCUT2D eigenvalue weighted by Gasteiger charge is 2.11. The van der Waals surface area contributed by atoms with E-state index in [-0.39, 0.29) is 13.2 Å². The van der Waals surface area contributed by atoms with Crippen LogP contribution in [0.25, 0.3) is 0 Å². The van der Waals surface area contributed by atoms with Crippen molar-refractivity contribution in [2.45, 2.75) is 26.2 Å². The molecule has 152 valence electrons. The van der Waals surface area contributed by atoms with Gasteiger partial charge in [-0.1, -0.05) is 48.5 Å². The van der Waals surface area contributed by atoms with Crippen molar-refractivity contribution in [1.29, 1.82) is 0 Å². The fourth-order valence-corrected chi connectivity index (χ4v) is 2.77. The van der Waals surface area contributed by atoms with Crippen molar-refractivity contribution in [3.63, 3.8) is 0 Å². The first-order valence-electron chi connectivity index (χ1n) is 9.55. The van der Waals surface area contributed by atoms with Crippen LogP contribution in [-0.2, 0) is 17.9 Å². The summed E-state index contributed by atoms with van der Waals surface area (Å²) in [5.74, 6) is 1.58. The molecule has 0 aromatic heterocycles. The lowest BCUT2D eigenvalue weighted by molar-refractivity contribution is 0.0330. The third-order valence-corrected chi connectivity index (χ3v) is 4.17. The molecule has 0 spiro atoms. The minimum atomic E-state index is -0.656. The third-order valence-electron chi connectivity index (χ3n) is 4.17. The van der Waals surface area contributed by atoms with Crippen molar-refractivity contribution in [3.05, 3.63) is 65.7 Å². The van der Waals surface area contributed by atoms with Crippen molar-refractivity contribution in [2.24, 2.45) is 4.99 Å². The second kappa shape index (κ2) is 12.0. The van der Waals surface area contributed by atoms with Gasteiger partial charge in [-0.2, -0.15) is 0 Å². The Bertz CT molecular complexity index is 722. The predicted molar refractivity (Wildman–Crippen MR) is 113 cm³/mol. The van der Waals surface area contributed by atoms with Gasteiger partial charge in [0, 0.05) is 25.7 Å². The van der Waals surface area contributed by atoms with E-state index in [1.165, 1.54) is 0 Å². The molecule has 0 amide bonds. The number of aliphatic imine (C=N–C) groups is 1. The number of guanidine groups is 1. The Morgan fingerprint density at radius 1 is 1.14 bits per heavy atom. The quantitative estimate of drug-likeness (QED) is 0.486. The second-order valence-electron chi connectivity index (χ2n) is 6.52. The lowest BCUT2D eigenvalue weighted by atomic mass is 10.2. The maximum atomic E-state index is 10.2. The summed E-state index contributed by atoms with van der Waals surface area (Å²) in [6.07, 6.45) is -0.656. The summed E-state index contributed by atoms with van der Waals surface area (Å²) in [5, 5.41) is 13.5. The highest BCUT2D eigenvalue weighted by molar-refractivity contribution is 5.79. The van der Waals surface area contributed by atoms with Crippen LogP contribution in [0.3, 0.4) is 0 Å². The summed E-state index contributed by atoms with van der Waals surface area (Å²) in [4.78, 5) is 6.56. The van der Waals surface area contributed by atoms with E-state index < -0.39 is 6.10 Å². The van der Waals surface area contributed by atoms with Crippen LogP contribution in [0, 0.1) is 0 Å². The van der Waals surface area contributed by atoms with Gasteiger partial charge in [-0.15, -0.1) is 0 Å². The van der Waals surface area contributed by atoms with Crippen LogP contribution in [-0.4, -0.2) is 55.9 Å². The molecule has 0 bridgehead atoms. The number of nitrogens with zero attached hydrogens (tertiary/aromatic N) is 2. The molecule has 0 aliphatic rings. The fraction of sp³-hybridized carbons (Fsp3) is 0.409. The predicted octanol–water partition coefficient (Wildman–Crippen LogP) is 2.67. The molecule has 0 fully saturated rings. The summed E-state index contributed by atoms with van der Waals surface area (Å²) < 4.78 is 11.0. The van der Waals surface area contributed by atoms with Gasteiger partial charge < -0.3 is 24.8 Å². The van der Waals surface area contributed by atoms with Gasteiger partial charge in [0.25, 0.3) is 0 Å². The first-order valence-corrected chi connectivity index (χ1v) is 9.55. The Morgan fingerprint density at radius 2 is 1.86 bits per heavy atom. The smallest absolute Gasteiger partial charge is 0.194 e. The summed E-state index contributed by atoms with van der Waals surface area (Å²) in [6, 6.07) is 17.8. The third kappa shape index (κ3) is 7.21. The molecule has 0 saturated heterocycles. The van der Waals surface area contributed by atoms with Crippen molar-refractivity contribution in [2.75, 3.05) is 33.9 Å². The minimum Gasteiger partial charge on any atom is -0.496 e. The Hall–Kier alpha value is -2.57. The molecular weight excluding hydrogens is 354 g/mol. The average molecular weight is 386 g/mol. The monoisotopic (exact) mass is 385 g/mol. The lowest BCUT2D eigenvalue weighted by Crippen LogP contribution is -2.39. The van der Waals surface area contributed by atoms with Crippen LogP contribution in [0.1, 0.15) is 18.1 Å². The Balaban J connectivity index is 1.87. The molecule has 0 aliphatic heterocycles. The molecule has 2 rings (SSSR count). The Morgan fingerprint density at radius 3 is 2.57 bits per heavy atom. The van der Waals surface area contributed by atoms with Gasteiger partial charge in [0.05, 0.1) is 33.0 Å². The largest absolute Gasteiger partial charge is 0.496 e. The Labute approximate surface area is 167 Å². The zero-order chi connectivity index (χ0) is 20.2. The van der Waals surface area contributed by atoms with Gasteiger partial charge in [0.1, 0.15) is 5.75 Å². The lowest BCUT2D eigenvalue weighted by Gasteiger charge is -2.23. The average Bonchev–Trinajstić information content (AvgIpc) is 2.72. The van der Waals surface area contributed by atoms with Gasteiger partial charge in [-0.25, -0.2) is 0 Å². The van der Waals surface area contributed by atoms with Crippen LogP contribution in [0.2, 0.25) is 0 Å². The normalized spacial score (nSPS) is 12.5. The van der Waals surface area contributed by atoms with Crippen LogP contribution in [0.15, 0.2) is 59.6 Å². The number of ether oxygens (including phenoxy) is 2. The van der Waals surface area contributed by atoms with Crippen LogP contribution in [0.5, 0.6) is 5.75 Å². The molecule has 2 aromatic carbocycles. The molecule has 0 heterocycles. The number of para-hydroxylation sites is 1. The number of aliphatic hydroxyl groups is 1. The molecule has 6 heteroatoms. The van der Waals surface area contributed by atoms with E-state index in [1.54, 1.807) is 7.11 Å². The SMILES string of the molecule is CCNC(=NCC(O)COCc1ccccc1)N(C)Cc1ccccc1OC. The van der Waals surface area contributed by atoms with Crippen LogP contribution < -0.4 is 10.1 Å². The maximum Gasteiger partial charge on any atom is 0.194 e. The zero-order valence-electron chi connectivity index (χ0n) is 17.0. The Kier molecular flexibility index (Phi) is 9.31. The summed E-state index contributed by atoms with van der Waals surface area (Å²) in [5.41, 5.74) is 2.16. The molecule has 2 aromatic rings. The number of nitrogens with one attached hydrogen (secondary N) is 1. The fourth-order valence-electron chi connectivity index (χ4n) is 2.77. The second-order valence-corrected chi connectivity index (χ2v) is 6.52. The number of hydrogen-bond acceptors (Lipinski definition) is 4. The summed E-state index contributed by atoms with van der Waals surface area (Å²) in [6.45, 7) is 4.41. The first-order chi connectivity index (χ1) is 13.6. The van der Waals surface area contributed by atoms with E-state index >= 15 is 0 Å². The molecule has 2 N–H and O–H groups in total. The van der Waals surface area contributed by atoms with E-state index in [1.807, 2.05) is 73.5 Å². The van der Waals surface area contributed by atoms with Gasteiger partial charge in [0.15, 0.2) is 5.96 Å². The van der Waals surface area contributed by atoms with Gasteiger partial charge in [-0.3, -0.25) is 4.99 Å². The highest BCUT2D eigenvalue weighted by Crippen LogP contribution is 2.18. The number of rotatable bonds is 10. The van der Waals surface area contributed by atoms with Crippen molar-refractivity contribution >= 4 is 5.96 Å². The number of benzene rings is 2. The van der Waals surface area contributed by atoms with E-state index in [2.05, 4.69) is 10.3 Å². The van der Waals surface area contributed by atoms with Crippen molar-refractivity contribution in [1.82, 2.24) is 10.2 Å².